The predicted octanol–water partition coefficient (Wildman–Crippen LogP) is 14.0. The molecule has 0 radical (unpaired) electrons. The lowest BCUT2D eigenvalue weighted by molar-refractivity contribution is -0.198. The number of amides is 1. The van der Waals surface area contributed by atoms with Gasteiger partial charge in [0, 0.05) is 6.61 Å². The van der Waals surface area contributed by atoms with E-state index in [1.54, 1.807) is 0 Å². The Morgan fingerprint density at radius 1 is 0.600 bits per heavy atom. The molecule has 9 rings (SSSR count). The van der Waals surface area contributed by atoms with E-state index in [4.69, 9.17) is 4.74 Å². The highest BCUT2D eigenvalue weighted by Crippen LogP contribution is 2.72. The van der Waals surface area contributed by atoms with Crippen LogP contribution >= 0.6 is 0 Å². The molecule has 0 spiro atoms. The smallest absolute Gasteiger partial charge is 0.420 e. The van der Waals surface area contributed by atoms with E-state index < -0.39 is 21.4 Å². The Morgan fingerprint density at radius 3 is 1.47 bits per heavy atom. The summed E-state index contributed by atoms with van der Waals surface area (Å²) in [6, 6.07) is 0. The zero-order chi connectivity index (χ0) is 50.6. The van der Waals surface area contributed by atoms with Crippen molar-refractivity contribution in [2.24, 2.45) is 116 Å². The van der Waals surface area contributed by atoms with Crippen molar-refractivity contribution in [3.05, 3.63) is 0 Å². The van der Waals surface area contributed by atoms with Crippen molar-refractivity contribution in [1.82, 2.24) is 4.72 Å². The average molecular weight is 999 g/mol. The Bertz CT molecular complexity index is 1850. The number of rotatable bonds is 13. The first-order valence-corrected chi connectivity index (χ1v) is 31.9. The molecule has 4 N–H and O–H groups in total. The molecule has 0 aliphatic heterocycles. The lowest BCUT2D eigenvalue weighted by Gasteiger charge is -2.65. The molecular formula is C61H107NO7S. The highest BCUT2D eigenvalue weighted by atomic mass is 32.2. The maximum atomic E-state index is 12.5. The minimum atomic E-state index is -3.65. The number of nitrogens with one attached hydrogen (secondary N) is 1. The van der Waals surface area contributed by atoms with Crippen molar-refractivity contribution in [3.63, 3.8) is 0 Å². The summed E-state index contributed by atoms with van der Waals surface area (Å²) in [7, 11) is -3.65. The maximum Gasteiger partial charge on any atom is 0.420 e. The number of carbonyl (C=O) groups excluding carboxylic acids is 1. The summed E-state index contributed by atoms with van der Waals surface area (Å²) in [5.41, 5.74) is 1.50. The maximum absolute atomic E-state index is 12.5. The van der Waals surface area contributed by atoms with E-state index in [0.29, 0.717) is 101 Å². The topological polar surface area (TPSA) is 133 Å². The first kappa shape index (κ1) is 55.3. The van der Waals surface area contributed by atoms with E-state index in [2.05, 4.69) is 74.0 Å². The van der Waals surface area contributed by atoms with Crippen molar-refractivity contribution in [3.8, 4) is 0 Å². The molecule has 404 valence electrons. The van der Waals surface area contributed by atoms with Gasteiger partial charge >= 0.3 is 6.09 Å². The molecule has 0 unspecified atom stereocenters. The van der Waals surface area contributed by atoms with Crippen molar-refractivity contribution < 1.29 is 33.3 Å². The van der Waals surface area contributed by atoms with Gasteiger partial charge in [-0.3, -0.25) is 0 Å². The lowest BCUT2D eigenvalue weighted by Crippen LogP contribution is -2.61. The average Bonchev–Trinajstić information content (AvgIpc) is 3.88. The summed E-state index contributed by atoms with van der Waals surface area (Å²) >= 11 is 0. The van der Waals surface area contributed by atoms with Crippen LogP contribution in [0, 0.1) is 116 Å². The fraction of sp³-hybridized carbons (Fsp3) is 0.984. The Balaban J connectivity index is 0.000000200. The number of hydrogen-bond donors (Lipinski definition) is 4. The van der Waals surface area contributed by atoms with Gasteiger partial charge in [0.1, 0.15) is 0 Å². The molecule has 9 saturated carbocycles. The van der Waals surface area contributed by atoms with E-state index in [-0.39, 0.29) is 24.2 Å². The largest absolute Gasteiger partial charge is 0.449 e. The summed E-state index contributed by atoms with van der Waals surface area (Å²) in [5, 5.41) is 32.6. The molecule has 0 saturated heterocycles. The van der Waals surface area contributed by atoms with Crippen molar-refractivity contribution in [2.75, 3.05) is 13.2 Å². The normalized spacial score (nSPS) is 47.7. The first-order valence-electron chi connectivity index (χ1n) is 30.3. The van der Waals surface area contributed by atoms with Crippen LogP contribution in [0.3, 0.4) is 0 Å². The van der Waals surface area contributed by atoms with Crippen molar-refractivity contribution in [2.45, 2.75) is 247 Å². The van der Waals surface area contributed by atoms with Crippen LogP contribution in [0.25, 0.3) is 0 Å². The van der Waals surface area contributed by atoms with Crippen LogP contribution in [0.5, 0.6) is 0 Å². The number of sulfonamides is 1. The van der Waals surface area contributed by atoms with E-state index in [1.165, 1.54) is 89.9 Å². The second-order valence-electron chi connectivity index (χ2n) is 28.2. The van der Waals surface area contributed by atoms with Crippen LogP contribution in [0.4, 0.5) is 4.79 Å². The highest BCUT2D eigenvalue weighted by molar-refractivity contribution is 7.90. The molecule has 8 nitrogen and oxygen atoms in total. The molecular weight excluding hydrogens is 891 g/mol. The third kappa shape index (κ3) is 10.0. The number of aliphatic hydroxyl groups excluding tert-OH is 3. The summed E-state index contributed by atoms with van der Waals surface area (Å²) in [6.07, 6.45) is 27.6. The van der Waals surface area contributed by atoms with Crippen LogP contribution < -0.4 is 4.72 Å². The molecule has 9 fully saturated rings. The van der Waals surface area contributed by atoms with Crippen molar-refractivity contribution >= 4 is 16.1 Å². The van der Waals surface area contributed by atoms with E-state index in [0.717, 1.165) is 87.4 Å². The van der Waals surface area contributed by atoms with Gasteiger partial charge in [0.2, 0.25) is 10.0 Å². The van der Waals surface area contributed by atoms with Crippen LogP contribution in [0.2, 0.25) is 0 Å². The van der Waals surface area contributed by atoms with E-state index in [9.17, 15) is 28.5 Å². The SMILES string of the molecule is CC[C@H]1[C@@H](O)[C@@H]2[C@H](CC[C@]3(C)[C@@H]([C@H](C)CCCO)CC[C@@H]23)[C@@]2(C)CC[C@@H](C)C[C@@H]12.CC[C@H]1[C@@H](O)[C@@H]2[C@H](CC[C@]3(C)[C@@H]([C@H](C)CCCOC(=O)NS(=O)(=O)C4CCCCC4)CC[C@@H]23)[C@@]2(C)CC[C@@H](C)C[C@@H]12. The summed E-state index contributed by atoms with van der Waals surface area (Å²) in [6.45, 7) is 25.3. The Hall–Kier alpha value is -0.900. The van der Waals surface area contributed by atoms with Gasteiger partial charge in [-0.1, -0.05) is 114 Å². The molecule has 9 aliphatic carbocycles. The number of ether oxygens (including phenoxy) is 1. The van der Waals surface area contributed by atoms with E-state index in [1.807, 2.05) is 0 Å². The minimum absolute atomic E-state index is 0.0792. The highest BCUT2D eigenvalue weighted by Gasteiger charge is 2.66. The molecule has 9 heteroatoms. The van der Waals surface area contributed by atoms with Crippen LogP contribution in [-0.2, 0) is 14.8 Å². The fourth-order valence-corrected chi connectivity index (χ4v) is 22.7. The molecule has 0 aromatic heterocycles. The van der Waals surface area contributed by atoms with Crippen LogP contribution in [0.1, 0.15) is 230 Å². The third-order valence-corrected chi connectivity index (χ3v) is 26.8. The Kier molecular flexibility index (Phi) is 17.4. The number of hydrogen-bond acceptors (Lipinski definition) is 7. The van der Waals surface area contributed by atoms with Crippen LogP contribution in [0.15, 0.2) is 0 Å². The Labute approximate surface area is 429 Å². The molecule has 0 heterocycles. The summed E-state index contributed by atoms with van der Waals surface area (Å²) in [5.74, 6) is 10.3. The molecule has 70 heavy (non-hydrogen) atoms. The fourth-order valence-electron chi connectivity index (χ4n) is 21.3. The molecule has 0 bridgehead atoms. The van der Waals surface area contributed by atoms with E-state index >= 15 is 0 Å². The molecule has 9 aliphatic rings. The quantitative estimate of drug-likeness (QED) is 0.135. The first-order chi connectivity index (χ1) is 33.2. The number of aliphatic hydroxyl groups is 3. The van der Waals surface area contributed by atoms with Gasteiger partial charge in [-0.05, 0) is 232 Å². The molecule has 1 amide bonds. The second-order valence-corrected chi connectivity index (χ2v) is 30.1. The molecule has 0 aromatic rings. The standard InChI is InChI=1S/C34H59NO5S.C27H48O2/c1-6-25-29-21-22(2)16-18-34(29,5)28-17-19-33(4)26(14-15-27(33)30(28)31(25)36)23(3)11-10-20-40-32(37)35-41(38,39)24-12-8-7-9-13-24;1-6-19-23-16-17(2)11-13-27(23,5)22-12-14-26(4)20(18(3)8-7-15-28)9-10-21(26)24(22)25(19)29/h22-31,36H,6-21H2,1-5H3,(H,35,37);17-25,28-29H,6-16H2,1-5H3/t22-,23-,25-,26-,27+,28+,29+,30+,31-,33-,34-;17-,18-,19-,20-,21+,22+,23+,24+,25-,26-,27-/m11/s1. The molecule has 0 aromatic carbocycles. The second kappa shape index (κ2) is 22.0. The minimum Gasteiger partial charge on any atom is -0.449 e. The van der Waals surface area contributed by atoms with Crippen LogP contribution in [-0.4, -0.2) is 60.5 Å². The summed E-state index contributed by atoms with van der Waals surface area (Å²) in [4.78, 5) is 12.3. The van der Waals surface area contributed by atoms with Gasteiger partial charge in [0.05, 0.1) is 24.1 Å². The summed E-state index contributed by atoms with van der Waals surface area (Å²) < 4.78 is 32.5. The zero-order valence-corrected chi connectivity index (χ0v) is 47.3. The number of carbonyl (C=O) groups is 1. The Morgan fingerprint density at radius 2 is 1.03 bits per heavy atom. The third-order valence-electron chi connectivity index (χ3n) is 25.0. The lowest BCUT2D eigenvalue weighted by atomic mass is 9.41. The zero-order valence-electron chi connectivity index (χ0n) is 46.4. The number of fused-ring (bicyclic) bond motifs is 10. The van der Waals surface area contributed by atoms with Gasteiger partial charge in [0.25, 0.3) is 0 Å². The van der Waals surface area contributed by atoms with Gasteiger partial charge in [0.15, 0.2) is 0 Å². The van der Waals surface area contributed by atoms with Crippen molar-refractivity contribution in [1.29, 1.82) is 0 Å². The monoisotopic (exact) mass is 998 g/mol. The van der Waals surface area contributed by atoms with Gasteiger partial charge in [-0.2, -0.15) is 0 Å². The van der Waals surface area contributed by atoms with Gasteiger partial charge in [-0.15, -0.1) is 0 Å². The van der Waals surface area contributed by atoms with Gasteiger partial charge < -0.3 is 20.1 Å². The molecule has 22 atom stereocenters. The van der Waals surface area contributed by atoms with Gasteiger partial charge in [-0.25, -0.2) is 17.9 Å². The predicted molar refractivity (Wildman–Crippen MR) is 284 cm³/mol.